The highest BCUT2D eigenvalue weighted by Gasteiger charge is 2.21. The summed E-state index contributed by atoms with van der Waals surface area (Å²) in [7, 11) is -3.82. The third-order valence-corrected chi connectivity index (χ3v) is 5.36. The lowest BCUT2D eigenvalue weighted by molar-refractivity contribution is 0.467. The molecule has 0 saturated heterocycles. The minimum Gasteiger partial charge on any atom is -0.507 e. The second kappa shape index (κ2) is 5.22. The van der Waals surface area contributed by atoms with Crippen molar-refractivity contribution < 1.29 is 13.5 Å². The summed E-state index contributed by atoms with van der Waals surface area (Å²) in [6.07, 6.45) is 0. The fraction of sp³-hybridized carbons (Fsp3) is 0.143. The van der Waals surface area contributed by atoms with Crippen molar-refractivity contribution in [1.82, 2.24) is 8.75 Å². The molecule has 8 heteroatoms. The van der Waals surface area contributed by atoms with E-state index < -0.39 is 10.0 Å². The Balaban J connectivity index is 2.08. The largest absolute Gasteiger partial charge is 0.507 e. The molecule has 0 aliphatic rings. The molecule has 6 nitrogen and oxygen atoms in total. The molecular formula is C14H13N3O3S2. The number of aryl methyl sites for hydroxylation is 1. The van der Waals surface area contributed by atoms with Gasteiger partial charge in [0.1, 0.15) is 21.7 Å². The number of nitrogens with zero attached hydrogens (tertiary/aromatic N) is 2. The molecule has 0 radical (unpaired) electrons. The molecule has 1 heterocycles. The third kappa shape index (κ3) is 2.40. The first-order chi connectivity index (χ1) is 10.4. The molecule has 3 aromatic rings. The average molecular weight is 335 g/mol. The smallest absolute Gasteiger partial charge is 0.264 e. The van der Waals surface area contributed by atoms with Crippen LogP contribution in [-0.4, -0.2) is 22.3 Å². The van der Waals surface area contributed by atoms with E-state index in [1.807, 2.05) is 0 Å². The second-order valence-electron chi connectivity index (χ2n) is 4.90. The van der Waals surface area contributed by atoms with Gasteiger partial charge >= 0.3 is 0 Å². The van der Waals surface area contributed by atoms with Crippen LogP contribution in [0.15, 0.2) is 35.2 Å². The van der Waals surface area contributed by atoms with Gasteiger partial charge in [-0.3, -0.25) is 4.72 Å². The Kier molecular flexibility index (Phi) is 3.50. The maximum atomic E-state index is 12.6. The Morgan fingerprint density at radius 1 is 1.14 bits per heavy atom. The van der Waals surface area contributed by atoms with Crippen molar-refractivity contribution in [3.05, 3.63) is 41.5 Å². The molecular weight excluding hydrogens is 322 g/mol. The highest BCUT2D eigenvalue weighted by molar-refractivity contribution is 7.93. The standard InChI is InChI=1S/C14H13N3O3S2/c1-8-6-7-10(9(2)14(8)18)17-22(19,20)12-5-3-4-11-13(12)16-21-15-11/h3-7,17-18H,1-2H3. The summed E-state index contributed by atoms with van der Waals surface area (Å²) >= 11 is 0.965. The maximum Gasteiger partial charge on any atom is 0.264 e. The van der Waals surface area contributed by atoms with Gasteiger partial charge in [0.05, 0.1) is 17.4 Å². The summed E-state index contributed by atoms with van der Waals surface area (Å²) < 4.78 is 35.8. The lowest BCUT2D eigenvalue weighted by Crippen LogP contribution is -2.14. The quantitative estimate of drug-likeness (QED) is 0.768. The average Bonchev–Trinajstić information content (AvgIpc) is 2.96. The molecule has 114 valence electrons. The Hall–Kier alpha value is -2.19. The van der Waals surface area contributed by atoms with Crippen molar-refractivity contribution >= 4 is 38.5 Å². The molecule has 3 rings (SSSR count). The van der Waals surface area contributed by atoms with E-state index in [0.29, 0.717) is 27.8 Å². The number of phenols is 1. The molecule has 22 heavy (non-hydrogen) atoms. The normalized spacial score (nSPS) is 11.7. The van der Waals surface area contributed by atoms with Crippen LogP contribution < -0.4 is 4.72 Å². The maximum absolute atomic E-state index is 12.6. The van der Waals surface area contributed by atoms with Crippen molar-refractivity contribution in [2.45, 2.75) is 18.7 Å². The van der Waals surface area contributed by atoms with E-state index in [2.05, 4.69) is 13.5 Å². The van der Waals surface area contributed by atoms with Gasteiger partial charge in [-0.2, -0.15) is 8.75 Å². The number of hydrogen-bond donors (Lipinski definition) is 2. The zero-order valence-corrected chi connectivity index (χ0v) is 13.5. The Morgan fingerprint density at radius 2 is 1.91 bits per heavy atom. The molecule has 0 fully saturated rings. The number of sulfonamides is 1. The van der Waals surface area contributed by atoms with Gasteiger partial charge in [-0.15, -0.1) is 0 Å². The number of benzene rings is 2. The van der Waals surface area contributed by atoms with Gasteiger partial charge < -0.3 is 5.11 Å². The minimum atomic E-state index is -3.82. The van der Waals surface area contributed by atoms with E-state index in [1.165, 1.54) is 6.07 Å². The summed E-state index contributed by atoms with van der Waals surface area (Å²) in [6, 6.07) is 8.10. The van der Waals surface area contributed by atoms with E-state index in [1.54, 1.807) is 38.1 Å². The van der Waals surface area contributed by atoms with Crippen LogP contribution in [0, 0.1) is 13.8 Å². The third-order valence-electron chi connectivity index (χ3n) is 3.42. The molecule has 0 spiro atoms. The fourth-order valence-corrected chi connectivity index (χ4v) is 4.03. The van der Waals surface area contributed by atoms with E-state index in [9.17, 15) is 13.5 Å². The first-order valence-corrected chi connectivity index (χ1v) is 8.65. The molecule has 0 aliphatic heterocycles. The van der Waals surface area contributed by atoms with Crippen molar-refractivity contribution in [2.24, 2.45) is 0 Å². The first kappa shape index (κ1) is 14.7. The number of phenolic OH excluding ortho intramolecular Hbond substituents is 1. The summed E-state index contributed by atoms with van der Waals surface area (Å²) in [5, 5.41) is 9.94. The lowest BCUT2D eigenvalue weighted by atomic mass is 10.1. The van der Waals surface area contributed by atoms with Gasteiger partial charge in [-0.05, 0) is 37.6 Å². The SMILES string of the molecule is Cc1ccc(NS(=O)(=O)c2cccc3nsnc23)c(C)c1O. The van der Waals surface area contributed by atoms with E-state index in [4.69, 9.17) is 0 Å². The van der Waals surface area contributed by atoms with Gasteiger partial charge in [0.15, 0.2) is 0 Å². The number of rotatable bonds is 3. The highest BCUT2D eigenvalue weighted by atomic mass is 32.2. The van der Waals surface area contributed by atoms with Crippen LogP contribution in [0.3, 0.4) is 0 Å². The van der Waals surface area contributed by atoms with Crippen LogP contribution in [-0.2, 0) is 10.0 Å². The van der Waals surface area contributed by atoms with Gasteiger partial charge in [-0.25, -0.2) is 8.42 Å². The lowest BCUT2D eigenvalue weighted by Gasteiger charge is -2.13. The fourth-order valence-electron chi connectivity index (χ4n) is 2.14. The molecule has 0 unspecified atom stereocenters. The number of fused-ring (bicyclic) bond motifs is 1. The molecule has 1 aromatic heterocycles. The molecule has 0 amide bonds. The van der Waals surface area contributed by atoms with E-state index >= 15 is 0 Å². The molecule has 0 saturated carbocycles. The Labute approximate surface area is 131 Å². The van der Waals surface area contributed by atoms with Crippen molar-refractivity contribution in [3.8, 4) is 5.75 Å². The van der Waals surface area contributed by atoms with Crippen molar-refractivity contribution in [3.63, 3.8) is 0 Å². The number of hydrogen-bond acceptors (Lipinski definition) is 6. The molecule has 0 atom stereocenters. The van der Waals surface area contributed by atoms with Gasteiger partial charge in [0.25, 0.3) is 10.0 Å². The topological polar surface area (TPSA) is 92.2 Å². The first-order valence-electron chi connectivity index (χ1n) is 6.43. The molecule has 0 aliphatic carbocycles. The number of aromatic hydroxyl groups is 1. The second-order valence-corrected chi connectivity index (χ2v) is 7.08. The monoisotopic (exact) mass is 335 g/mol. The van der Waals surface area contributed by atoms with Crippen LogP contribution in [0.2, 0.25) is 0 Å². The highest BCUT2D eigenvalue weighted by Crippen LogP contribution is 2.30. The van der Waals surface area contributed by atoms with E-state index in [-0.39, 0.29) is 10.6 Å². The van der Waals surface area contributed by atoms with Crippen LogP contribution >= 0.6 is 11.7 Å². The van der Waals surface area contributed by atoms with Crippen LogP contribution in [0.5, 0.6) is 5.75 Å². The van der Waals surface area contributed by atoms with Gasteiger partial charge in [-0.1, -0.05) is 12.1 Å². The Morgan fingerprint density at radius 3 is 2.68 bits per heavy atom. The van der Waals surface area contributed by atoms with Crippen LogP contribution in [0.25, 0.3) is 11.0 Å². The zero-order valence-electron chi connectivity index (χ0n) is 11.9. The van der Waals surface area contributed by atoms with Crippen molar-refractivity contribution in [2.75, 3.05) is 4.72 Å². The number of nitrogens with one attached hydrogen (secondary N) is 1. The molecule has 2 aromatic carbocycles. The van der Waals surface area contributed by atoms with Gasteiger partial charge in [0, 0.05) is 5.56 Å². The summed E-state index contributed by atoms with van der Waals surface area (Å²) in [5.41, 5.74) is 2.38. The Bertz CT molecular complexity index is 965. The summed E-state index contributed by atoms with van der Waals surface area (Å²) in [5.74, 6) is 0.0775. The van der Waals surface area contributed by atoms with Gasteiger partial charge in [0.2, 0.25) is 0 Å². The van der Waals surface area contributed by atoms with Crippen LogP contribution in [0.1, 0.15) is 11.1 Å². The summed E-state index contributed by atoms with van der Waals surface area (Å²) in [6.45, 7) is 3.41. The van der Waals surface area contributed by atoms with E-state index in [0.717, 1.165) is 11.7 Å². The molecule has 0 bridgehead atoms. The number of aromatic nitrogens is 2. The molecule has 2 N–H and O–H groups in total. The van der Waals surface area contributed by atoms with Crippen molar-refractivity contribution in [1.29, 1.82) is 0 Å². The number of anilines is 1. The zero-order chi connectivity index (χ0) is 15.9. The minimum absolute atomic E-state index is 0.0678. The summed E-state index contributed by atoms with van der Waals surface area (Å²) in [4.78, 5) is 0.0678. The van der Waals surface area contributed by atoms with Crippen LogP contribution in [0.4, 0.5) is 5.69 Å². The predicted octanol–water partition coefficient (Wildman–Crippen LogP) is 2.81. The predicted molar refractivity (Wildman–Crippen MR) is 85.8 cm³/mol.